The van der Waals surface area contributed by atoms with Gasteiger partial charge in [-0.1, -0.05) is 6.07 Å². The number of rotatable bonds is 5. The molecule has 0 spiro atoms. The highest BCUT2D eigenvalue weighted by Crippen LogP contribution is 2.31. The Hall–Kier alpha value is -2.49. The first-order chi connectivity index (χ1) is 10.9. The number of benzene rings is 2. The van der Waals surface area contributed by atoms with Crippen molar-refractivity contribution in [2.75, 3.05) is 14.2 Å². The summed E-state index contributed by atoms with van der Waals surface area (Å²) in [5.41, 5.74) is 0.688. The van der Waals surface area contributed by atoms with Gasteiger partial charge in [-0.25, -0.2) is 0 Å². The first kappa shape index (κ1) is 16.9. The zero-order chi connectivity index (χ0) is 17.0. The minimum absolute atomic E-state index is 0.151. The van der Waals surface area contributed by atoms with Crippen molar-refractivity contribution in [3.8, 4) is 17.2 Å². The zero-order valence-electron chi connectivity index (χ0n) is 14.2. The molecule has 0 heterocycles. The predicted molar refractivity (Wildman–Crippen MR) is 89.8 cm³/mol. The smallest absolute Gasteiger partial charge is 0.200 e. The van der Waals surface area contributed by atoms with Crippen LogP contribution in [0.2, 0.25) is 0 Å². The van der Waals surface area contributed by atoms with Crippen molar-refractivity contribution in [1.82, 2.24) is 0 Å². The molecule has 2 rings (SSSR count). The maximum atomic E-state index is 12.8. The molecule has 0 aliphatic rings. The first-order valence-electron chi connectivity index (χ1n) is 7.40. The Morgan fingerprint density at radius 3 is 1.83 bits per heavy atom. The van der Waals surface area contributed by atoms with Gasteiger partial charge in [-0.15, -0.1) is 0 Å². The van der Waals surface area contributed by atoms with Gasteiger partial charge in [-0.3, -0.25) is 4.79 Å². The van der Waals surface area contributed by atoms with Crippen molar-refractivity contribution in [1.29, 1.82) is 0 Å². The fourth-order valence-corrected chi connectivity index (χ4v) is 2.25. The van der Waals surface area contributed by atoms with E-state index in [4.69, 9.17) is 14.2 Å². The second kappa shape index (κ2) is 6.73. The van der Waals surface area contributed by atoms with Crippen molar-refractivity contribution >= 4 is 5.78 Å². The van der Waals surface area contributed by atoms with Gasteiger partial charge in [0.15, 0.2) is 0 Å². The normalized spacial score (nSPS) is 11.0. The molecule has 4 heteroatoms. The van der Waals surface area contributed by atoms with Crippen LogP contribution in [0, 0.1) is 0 Å². The Kier molecular flexibility index (Phi) is 4.94. The van der Waals surface area contributed by atoms with Gasteiger partial charge in [0.1, 0.15) is 28.4 Å². The van der Waals surface area contributed by atoms with Crippen molar-refractivity contribution in [2.45, 2.75) is 26.4 Å². The summed E-state index contributed by atoms with van der Waals surface area (Å²) in [4.78, 5) is 12.8. The van der Waals surface area contributed by atoms with Gasteiger partial charge in [0.2, 0.25) is 5.78 Å². The molecule has 0 saturated heterocycles. The first-order valence-corrected chi connectivity index (χ1v) is 7.40. The number of methoxy groups -OCH3 is 2. The Morgan fingerprint density at radius 2 is 1.39 bits per heavy atom. The molecule has 0 unspecified atom stereocenters. The highest BCUT2D eigenvalue weighted by atomic mass is 16.5. The quantitative estimate of drug-likeness (QED) is 0.779. The summed E-state index contributed by atoms with van der Waals surface area (Å²) < 4.78 is 16.4. The van der Waals surface area contributed by atoms with Crippen LogP contribution in [0.4, 0.5) is 0 Å². The van der Waals surface area contributed by atoms with Crippen molar-refractivity contribution in [3.05, 3.63) is 53.6 Å². The second-order valence-electron chi connectivity index (χ2n) is 6.11. The van der Waals surface area contributed by atoms with Gasteiger partial charge in [0.25, 0.3) is 0 Å². The molecule has 0 atom stereocenters. The monoisotopic (exact) mass is 314 g/mol. The molecule has 0 aliphatic carbocycles. The molecule has 122 valence electrons. The third-order valence-corrected chi connectivity index (χ3v) is 3.20. The molecule has 0 N–H and O–H groups in total. The van der Waals surface area contributed by atoms with Gasteiger partial charge < -0.3 is 14.2 Å². The van der Waals surface area contributed by atoms with E-state index in [0.717, 1.165) is 5.75 Å². The van der Waals surface area contributed by atoms with Crippen LogP contribution in [0.1, 0.15) is 36.7 Å². The highest BCUT2D eigenvalue weighted by molar-refractivity contribution is 6.12. The van der Waals surface area contributed by atoms with Crippen LogP contribution in [0.3, 0.4) is 0 Å². The van der Waals surface area contributed by atoms with Crippen LogP contribution in [0.5, 0.6) is 17.2 Å². The van der Waals surface area contributed by atoms with Crippen LogP contribution in [-0.2, 0) is 0 Å². The summed E-state index contributed by atoms with van der Waals surface area (Å²) in [6, 6.07) is 12.3. The molecular weight excluding hydrogens is 292 g/mol. The molecular formula is C19H22O4. The lowest BCUT2D eigenvalue weighted by Crippen LogP contribution is -2.22. The zero-order valence-corrected chi connectivity index (χ0v) is 14.2. The molecule has 0 bridgehead atoms. The van der Waals surface area contributed by atoms with Crippen LogP contribution < -0.4 is 14.2 Å². The summed E-state index contributed by atoms with van der Waals surface area (Å²) >= 11 is 0. The van der Waals surface area contributed by atoms with E-state index >= 15 is 0 Å². The van der Waals surface area contributed by atoms with Crippen molar-refractivity contribution < 1.29 is 19.0 Å². The molecule has 2 aromatic rings. The Balaban J connectivity index is 2.34. The third-order valence-electron chi connectivity index (χ3n) is 3.20. The van der Waals surface area contributed by atoms with Crippen LogP contribution in [0.15, 0.2) is 42.5 Å². The van der Waals surface area contributed by atoms with Crippen molar-refractivity contribution in [3.63, 3.8) is 0 Å². The van der Waals surface area contributed by atoms with E-state index in [9.17, 15) is 4.79 Å². The SMILES string of the molecule is COc1cccc(OC)c1C(=O)c1ccc(OC(C)(C)C)cc1. The molecule has 2 aromatic carbocycles. The van der Waals surface area contributed by atoms with Gasteiger partial charge in [-0.05, 0) is 57.2 Å². The topological polar surface area (TPSA) is 44.8 Å². The summed E-state index contributed by atoms with van der Waals surface area (Å²) in [5, 5.41) is 0. The summed E-state index contributed by atoms with van der Waals surface area (Å²) in [7, 11) is 3.07. The maximum Gasteiger partial charge on any atom is 0.200 e. The molecule has 4 nitrogen and oxygen atoms in total. The van der Waals surface area contributed by atoms with E-state index in [1.807, 2.05) is 20.8 Å². The molecule has 0 amide bonds. The van der Waals surface area contributed by atoms with Crippen LogP contribution >= 0.6 is 0 Å². The fourth-order valence-electron chi connectivity index (χ4n) is 2.25. The summed E-state index contributed by atoms with van der Waals surface area (Å²) in [6.07, 6.45) is 0. The predicted octanol–water partition coefficient (Wildman–Crippen LogP) is 4.11. The summed E-state index contributed by atoms with van der Waals surface area (Å²) in [6.45, 7) is 5.93. The number of carbonyl (C=O) groups excluding carboxylic acids is 1. The molecule has 0 aliphatic heterocycles. The number of ether oxygens (including phenoxy) is 3. The number of carbonyl (C=O) groups is 1. The van der Waals surface area contributed by atoms with Gasteiger partial charge in [0, 0.05) is 5.56 Å². The van der Waals surface area contributed by atoms with Gasteiger partial charge in [-0.2, -0.15) is 0 Å². The lowest BCUT2D eigenvalue weighted by molar-refractivity contribution is 0.103. The largest absolute Gasteiger partial charge is 0.496 e. The molecule has 0 radical (unpaired) electrons. The minimum Gasteiger partial charge on any atom is -0.496 e. The van der Waals surface area contributed by atoms with E-state index in [1.165, 1.54) is 14.2 Å². The lowest BCUT2D eigenvalue weighted by Gasteiger charge is -2.21. The third kappa shape index (κ3) is 4.03. The van der Waals surface area contributed by atoms with E-state index in [0.29, 0.717) is 22.6 Å². The van der Waals surface area contributed by atoms with Crippen LogP contribution in [-0.4, -0.2) is 25.6 Å². The molecule has 0 fully saturated rings. The van der Waals surface area contributed by atoms with E-state index in [-0.39, 0.29) is 11.4 Å². The summed E-state index contributed by atoms with van der Waals surface area (Å²) in [5.74, 6) is 1.55. The van der Waals surface area contributed by atoms with Crippen molar-refractivity contribution in [2.24, 2.45) is 0 Å². The molecule has 0 saturated carbocycles. The van der Waals surface area contributed by atoms with E-state index in [1.54, 1.807) is 42.5 Å². The van der Waals surface area contributed by atoms with Gasteiger partial charge in [0.05, 0.1) is 14.2 Å². The Bertz CT molecular complexity index is 659. The Morgan fingerprint density at radius 1 is 0.870 bits per heavy atom. The van der Waals surface area contributed by atoms with Crippen LogP contribution in [0.25, 0.3) is 0 Å². The maximum absolute atomic E-state index is 12.8. The number of ketones is 1. The highest BCUT2D eigenvalue weighted by Gasteiger charge is 2.20. The average molecular weight is 314 g/mol. The molecule has 0 aromatic heterocycles. The number of hydrogen-bond donors (Lipinski definition) is 0. The lowest BCUT2D eigenvalue weighted by atomic mass is 10.0. The Labute approximate surface area is 137 Å². The second-order valence-corrected chi connectivity index (χ2v) is 6.11. The van der Waals surface area contributed by atoms with E-state index in [2.05, 4.69) is 0 Å². The number of hydrogen-bond acceptors (Lipinski definition) is 4. The standard InChI is InChI=1S/C19H22O4/c1-19(2,3)23-14-11-9-13(10-12-14)18(20)17-15(21-4)7-6-8-16(17)22-5/h6-12H,1-5H3. The van der Waals surface area contributed by atoms with E-state index < -0.39 is 0 Å². The average Bonchev–Trinajstić information content (AvgIpc) is 2.52. The van der Waals surface area contributed by atoms with Gasteiger partial charge >= 0.3 is 0 Å². The fraction of sp³-hybridized carbons (Fsp3) is 0.316. The molecule has 23 heavy (non-hydrogen) atoms. The minimum atomic E-state index is -0.280.